The first-order chi connectivity index (χ1) is 20.7. The Morgan fingerprint density at radius 1 is 1.02 bits per heavy atom. The van der Waals surface area contributed by atoms with Gasteiger partial charge < -0.3 is 5.73 Å². The summed E-state index contributed by atoms with van der Waals surface area (Å²) >= 11 is 0. The fourth-order valence-electron chi connectivity index (χ4n) is 4.90. The first-order valence-corrected chi connectivity index (χ1v) is 12.8. The molecule has 0 saturated heterocycles. The highest BCUT2D eigenvalue weighted by molar-refractivity contribution is 5.94. The monoisotopic (exact) mass is 622 g/mol. The van der Waals surface area contributed by atoms with Gasteiger partial charge in [0.25, 0.3) is 12.3 Å². The highest BCUT2D eigenvalue weighted by Crippen LogP contribution is 2.37. The number of alkyl halides is 5. The Balaban J connectivity index is 1.78. The molecule has 4 aromatic rings. The topological polar surface area (TPSA) is 90.9 Å². The molecule has 230 valence electrons. The predicted octanol–water partition coefficient (Wildman–Crippen LogP) is 7.05. The molecule has 44 heavy (non-hydrogen) atoms. The van der Waals surface area contributed by atoms with E-state index in [4.69, 9.17) is 5.73 Å². The lowest BCUT2D eigenvalue weighted by atomic mass is 9.86. The second-order valence-corrected chi connectivity index (χ2v) is 9.72. The molecule has 0 aliphatic heterocycles. The van der Waals surface area contributed by atoms with Gasteiger partial charge in [-0.2, -0.15) is 18.3 Å². The summed E-state index contributed by atoms with van der Waals surface area (Å²) in [6.45, 7) is 2.15. The lowest BCUT2D eigenvalue weighted by molar-refractivity contribution is -0.141. The van der Waals surface area contributed by atoms with Crippen molar-refractivity contribution in [1.29, 1.82) is 0 Å². The number of Topliss-reactive ketones (excluding diaryl/α,β-unsaturated/α-hetero) is 1. The fraction of sp³-hybridized carbons (Fsp3) is 0.200. The highest BCUT2D eigenvalue weighted by atomic mass is 19.4. The molecule has 6 nitrogen and oxygen atoms in total. The van der Waals surface area contributed by atoms with Crippen molar-refractivity contribution >= 4 is 17.8 Å². The van der Waals surface area contributed by atoms with E-state index >= 15 is 0 Å². The highest BCUT2D eigenvalue weighted by Gasteiger charge is 2.40. The third kappa shape index (κ3) is 7.01. The van der Waals surface area contributed by atoms with Crippen LogP contribution in [0.5, 0.6) is 0 Å². The van der Waals surface area contributed by atoms with Crippen molar-refractivity contribution in [2.45, 2.75) is 37.9 Å². The number of carbonyl (C=O) groups is 2. The molecule has 0 spiro atoms. The molecule has 1 amide bonds. The molecule has 0 bridgehead atoms. The molecule has 1 atom stereocenters. The van der Waals surface area contributed by atoms with Gasteiger partial charge in [-0.3, -0.25) is 19.3 Å². The number of halogens is 8. The van der Waals surface area contributed by atoms with Gasteiger partial charge >= 0.3 is 6.18 Å². The normalized spacial score (nSPS) is 12.4. The van der Waals surface area contributed by atoms with Gasteiger partial charge in [0.1, 0.15) is 29.7 Å². The van der Waals surface area contributed by atoms with Crippen LogP contribution in [0.1, 0.15) is 57.3 Å². The molecule has 4 rings (SSSR count). The molecule has 14 heteroatoms. The van der Waals surface area contributed by atoms with Crippen molar-refractivity contribution < 1.29 is 44.7 Å². The van der Waals surface area contributed by atoms with E-state index in [9.17, 15) is 44.7 Å². The Morgan fingerprint density at radius 2 is 1.70 bits per heavy atom. The molecule has 2 aromatic carbocycles. The van der Waals surface area contributed by atoms with Gasteiger partial charge in [0.15, 0.2) is 11.5 Å². The predicted molar refractivity (Wildman–Crippen MR) is 143 cm³/mol. The largest absolute Gasteiger partial charge is 0.435 e. The van der Waals surface area contributed by atoms with Crippen molar-refractivity contribution in [1.82, 2.24) is 14.8 Å². The third-order valence-electron chi connectivity index (χ3n) is 6.68. The summed E-state index contributed by atoms with van der Waals surface area (Å²) in [6.07, 6.45) is -7.45. The number of benzene rings is 2. The zero-order chi connectivity index (χ0) is 32.3. The van der Waals surface area contributed by atoms with Crippen LogP contribution in [0.4, 0.5) is 35.1 Å². The molecule has 0 aliphatic rings. The van der Waals surface area contributed by atoms with Crippen molar-refractivity contribution in [3.05, 3.63) is 113 Å². The van der Waals surface area contributed by atoms with Crippen LogP contribution in [0.2, 0.25) is 0 Å². The molecule has 0 aliphatic carbocycles. The lowest BCUT2D eigenvalue weighted by Gasteiger charge is -2.20. The van der Waals surface area contributed by atoms with Gasteiger partial charge in [-0.05, 0) is 47.9 Å². The summed E-state index contributed by atoms with van der Waals surface area (Å²) in [4.78, 5) is 29.3. The number of nitrogens with two attached hydrogens (primary N) is 1. The Kier molecular flexibility index (Phi) is 9.30. The van der Waals surface area contributed by atoms with Crippen LogP contribution in [-0.2, 0) is 23.9 Å². The van der Waals surface area contributed by atoms with Crippen LogP contribution in [-0.4, -0.2) is 26.5 Å². The fourth-order valence-corrected chi connectivity index (χ4v) is 4.90. The number of ketones is 1. The van der Waals surface area contributed by atoms with Gasteiger partial charge in [0, 0.05) is 35.7 Å². The number of nitrogens with zero attached hydrogens (tertiary/aromatic N) is 3. The van der Waals surface area contributed by atoms with Crippen molar-refractivity contribution in [3.63, 3.8) is 0 Å². The number of pyridine rings is 1. The number of primary amides is 1. The maximum Gasteiger partial charge on any atom is 0.435 e. The van der Waals surface area contributed by atoms with Crippen LogP contribution < -0.4 is 5.73 Å². The van der Waals surface area contributed by atoms with Crippen LogP contribution in [0.3, 0.4) is 0 Å². The number of rotatable bonds is 11. The van der Waals surface area contributed by atoms with Crippen molar-refractivity contribution in [2.24, 2.45) is 5.73 Å². The second kappa shape index (κ2) is 12.8. The number of amides is 1. The van der Waals surface area contributed by atoms with E-state index in [-0.39, 0.29) is 33.5 Å². The third-order valence-corrected chi connectivity index (χ3v) is 6.68. The molecule has 2 heterocycles. The minimum absolute atomic E-state index is 0.0782. The molecule has 0 unspecified atom stereocenters. The van der Waals surface area contributed by atoms with E-state index in [0.717, 1.165) is 24.3 Å². The van der Waals surface area contributed by atoms with Crippen LogP contribution in [0.25, 0.3) is 17.2 Å². The first kappa shape index (κ1) is 32.0. The van der Waals surface area contributed by atoms with E-state index in [1.165, 1.54) is 24.4 Å². The summed E-state index contributed by atoms with van der Waals surface area (Å²) in [5.74, 6) is -5.72. The van der Waals surface area contributed by atoms with Crippen LogP contribution in [0.15, 0.2) is 61.3 Å². The summed E-state index contributed by atoms with van der Waals surface area (Å²) < 4.78 is 111. The van der Waals surface area contributed by atoms with Crippen molar-refractivity contribution in [3.8, 4) is 11.1 Å². The maximum atomic E-state index is 14.2. The summed E-state index contributed by atoms with van der Waals surface area (Å²) in [7, 11) is 0. The molecule has 0 fully saturated rings. The summed E-state index contributed by atoms with van der Waals surface area (Å²) in [6, 6.07) is 9.05. The average molecular weight is 623 g/mol. The molecule has 0 radical (unpaired) electrons. The lowest BCUT2D eigenvalue weighted by Crippen LogP contribution is -2.19. The SMILES string of the molecule is C=Cc1c(C(F)(F)F)nn(CC(=O)C[C@@H](Cc2cc(F)cc(F)c2)c2ncccc2-c2ccc(F)c(C(N)=O)c2)c1C(F)F. The molecule has 2 aromatic heterocycles. The Hall–Kier alpha value is -4.88. The van der Waals surface area contributed by atoms with E-state index in [2.05, 4.69) is 16.7 Å². The number of hydrogen-bond acceptors (Lipinski definition) is 4. The molecular formula is C30H22F8N4O2. The zero-order valence-electron chi connectivity index (χ0n) is 22.5. The molecule has 0 saturated carbocycles. The number of hydrogen-bond donors (Lipinski definition) is 1. The minimum Gasteiger partial charge on any atom is -0.366 e. The van der Waals surface area contributed by atoms with Gasteiger partial charge in [0.05, 0.1) is 11.3 Å². The van der Waals surface area contributed by atoms with E-state index in [0.29, 0.717) is 12.1 Å². The molecular weight excluding hydrogens is 600 g/mol. The Bertz CT molecular complexity index is 1710. The average Bonchev–Trinajstić information content (AvgIpc) is 3.31. The number of carbonyl (C=O) groups excluding carboxylic acids is 2. The smallest absolute Gasteiger partial charge is 0.366 e. The zero-order valence-corrected chi connectivity index (χ0v) is 22.5. The van der Waals surface area contributed by atoms with Crippen LogP contribution >= 0.6 is 0 Å². The van der Waals surface area contributed by atoms with E-state index in [1.54, 1.807) is 0 Å². The van der Waals surface area contributed by atoms with Gasteiger partial charge in [-0.15, -0.1) is 0 Å². The number of aromatic nitrogens is 3. The second-order valence-electron chi connectivity index (χ2n) is 9.72. The Morgan fingerprint density at radius 3 is 2.30 bits per heavy atom. The summed E-state index contributed by atoms with van der Waals surface area (Å²) in [5.41, 5.74) is 1.76. The quantitative estimate of drug-likeness (QED) is 0.182. The van der Waals surface area contributed by atoms with E-state index < -0.39 is 83.1 Å². The van der Waals surface area contributed by atoms with Gasteiger partial charge in [-0.25, -0.2) is 22.0 Å². The van der Waals surface area contributed by atoms with Crippen molar-refractivity contribution in [2.75, 3.05) is 0 Å². The standard InChI is InChI=1S/C30H22F8N4O2/c1-2-21-26(28(34)35)42(41-27(21)30(36,37)38)14-20(43)11-17(8-15-9-18(31)13-19(32)10-15)25-22(4-3-7-40-25)16-5-6-24(33)23(12-16)29(39)44/h2-7,9-10,12-13,17,28H,1,8,11,14H2,(H2,39,44)/t17-/m1/s1. The van der Waals surface area contributed by atoms with Gasteiger partial charge in [-0.1, -0.05) is 24.8 Å². The molecule has 2 N–H and O–H groups in total. The minimum atomic E-state index is -5.12. The Labute approximate surface area is 244 Å². The maximum absolute atomic E-state index is 14.2. The first-order valence-electron chi connectivity index (χ1n) is 12.8. The summed E-state index contributed by atoms with van der Waals surface area (Å²) in [5, 5.41) is 3.23. The van der Waals surface area contributed by atoms with Crippen LogP contribution in [0, 0.1) is 17.5 Å². The van der Waals surface area contributed by atoms with Gasteiger partial charge in [0.2, 0.25) is 0 Å². The van der Waals surface area contributed by atoms with E-state index in [1.807, 2.05) is 0 Å².